The van der Waals surface area contributed by atoms with Crippen molar-refractivity contribution in [3.8, 4) is 6.07 Å². The average molecular weight is 182 g/mol. The first kappa shape index (κ1) is 8.94. The maximum Gasteiger partial charge on any atom is 0.204 e. The minimum Gasteiger partial charge on any atom is -0.349 e. The molecule has 5 heteroatoms. The third-order valence-corrected chi connectivity index (χ3v) is 2.32. The van der Waals surface area contributed by atoms with E-state index >= 15 is 0 Å². The van der Waals surface area contributed by atoms with E-state index in [1.807, 2.05) is 18.9 Å². The molecule has 1 aromatic heterocycles. The molecule has 1 heterocycles. The van der Waals surface area contributed by atoms with Gasteiger partial charge in [-0.2, -0.15) is 9.64 Å². The Bertz CT molecular complexity index is 288. The monoisotopic (exact) mass is 182 g/mol. The van der Waals surface area contributed by atoms with Gasteiger partial charge >= 0.3 is 0 Å². The van der Waals surface area contributed by atoms with Crippen LogP contribution < -0.4 is 4.90 Å². The lowest BCUT2D eigenvalue weighted by Gasteiger charge is -2.11. The van der Waals surface area contributed by atoms with Crippen LogP contribution in [0, 0.1) is 18.3 Å². The molecule has 0 N–H and O–H groups in total. The van der Waals surface area contributed by atoms with Gasteiger partial charge in [-0.05, 0) is 6.92 Å². The van der Waals surface area contributed by atoms with Crippen LogP contribution in [0.4, 0.5) is 5.13 Å². The van der Waals surface area contributed by atoms with Crippen LogP contribution in [0.3, 0.4) is 0 Å². The predicted octanol–water partition coefficient (Wildman–Crippen LogP) is 1.20. The van der Waals surface area contributed by atoms with Gasteiger partial charge in [-0.15, -0.1) is 0 Å². The van der Waals surface area contributed by atoms with Gasteiger partial charge in [-0.1, -0.05) is 0 Å². The van der Waals surface area contributed by atoms with Gasteiger partial charge in [0.15, 0.2) is 0 Å². The van der Waals surface area contributed by atoms with E-state index in [4.69, 9.17) is 5.26 Å². The van der Waals surface area contributed by atoms with E-state index in [1.165, 1.54) is 11.5 Å². The van der Waals surface area contributed by atoms with Crippen LogP contribution in [0.5, 0.6) is 0 Å². The molecule has 0 atom stereocenters. The van der Waals surface area contributed by atoms with Gasteiger partial charge in [0, 0.05) is 25.1 Å². The Morgan fingerprint density at radius 1 is 1.67 bits per heavy atom. The number of aromatic nitrogens is 2. The quantitative estimate of drug-likeness (QED) is 0.704. The molecular weight excluding hydrogens is 172 g/mol. The molecule has 4 nitrogen and oxygen atoms in total. The molecule has 0 aliphatic carbocycles. The predicted molar refractivity (Wildman–Crippen MR) is 48.1 cm³/mol. The third kappa shape index (κ3) is 2.17. The summed E-state index contributed by atoms with van der Waals surface area (Å²) in [4.78, 5) is 6.13. The Balaban J connectivity index is 2.54. The topological polar surface area (TPSA) is 52.8 Å². The van der Waals surface area contributed by atoms with E-state index in [2.05, 4.69) is 15.4 Å². The highest BCUT2D eigenvalue weighted by atomic mass is 32.1. The molecule has 0 radical (unpaired) electrons. The van der Waals surface area contributed by atoms with Crippen molar-refractivity contribution < 1.29 is 0 Å². The molecule has 1 aromatic rings. The van der Waals surface area contributed by atoms with Gasteiger partial charge in [0.1, 0.15) is 5.82 Å². The molecule has 0 unspecified atom stereocenters. The number of nitriles is 1. The summed E-state index contributed by atoms with van der Waals surface area (Å²) >= 11 is 1.36. The highest BCUT2D eigenvalue weighted by Gasteiger charge is 2.04. The minimum absolute atomic E-state index is 0.523. The largest absolute Gasteiger partial charge is 0.349 e. The van der Waals surface area contributed by atoms with E-state index in [1.54, 1.807) is 0 Å². The molecule has 1 rings (SSSR count). The molecule has 64 valence electrons. The van der Waals surface area contributed by atoms with Gasteiger partial charge in [-0.25, -0.2) is 4.98 Å². The normalized spacial score (nSPS) is 9.42. The summed E-state index contributed by atoms with van der Waals surface area (Å²) in [6.07, 6.45) is 0.523. The summed E-state index contributed by atoms with van der Waals surface area (Å²) in [6.45, 7) is 2.57. The smallest absolute Gasteiger partial charge is 0.204 e. The van der Waals surface area contributed by atoms with Crippen molar-refractivity contribution in [2.45, 2.75) is 13.3 Å². The molecule has 0 saturated heterocycles. The van der Waals surface area contributed by atoms with Crippen LogP contribution in [0.1, 0.15) is 12.2 Å². The zero-order valence-corrected chi connectivity index (χ0v) is 7.93. The number of hydrogen-bond donors (Lipinski definition) is 0. The summed E-state index contributed by atoms with van der Waals surface area (Å²) in [7, 11) is 1.91. The maximum atomic E-state index is 8.36. The second-order valence-electron chi connectivity index (χ2n) is 2.45. The van der Waals surface area contributed by atoms with Crippen LogP contribution in [-0.4, -0.2) is 22.9 Å². The molecule has 0 aliphatic heterocycles. The Hall–Kier alpha value is -1.15. The molecule has 0 saturated carbocycles. The lowest BCUT2D eigenvalue weighted by molar-refractivity contribution is 0.894. The Labute approximate surface area is 75.6 Å². The third-order valence-electron chi connectivity index (χ3n) is 1.40. The van der Waals surface area contributed by atoms with Crippen molar-refractivity contribution >= 4 is 16.7 Å². The summed E-state index contributed by atoms with van der Waals surface area (Å²) in [5.41, 5.74) is 0. The zero-order chi connectivity index (χ0) is 8.97. The fraction of sp³-hybridized carbons (Fsp3) is 0.571. The van der Waals surface area contributed by atoms with Crippen molar-refractivity contribution in [3.05, 3.63) is 5.82 Å². The second kappa shape index (κ2) is 4.02. The summed E-state index contributed by atoms with van der Waals surface area (Å²) < 4.78 is 4.05. The van der Waals surface area contributed by atoms with Crippen LogP contribution >= 0.6 is 11.5 Å². The van der Waals surface area contributed by atoms with Crippen molar-refractivity contribution in [2.75, 3.05) is 18.5 Å². The number of aryl methyl sites for hydroxylation is 1. The van der Waals surface area contributed by atoms with E-state index in [-0.39, 0.29) is 0 Å². The van der Waals surface area contributed by atoms with Crippen LogP contribution in [0.2, 0.25) is 0 Å². The fourth-order valence-corrected chi connectivity index (χ4v) is 1.41. The van der Waals surface area contributed by atoms with Gasteiger partial charge in [-0.3, -0.25) is 0 Å². The van der Waals surface area contributed by atoms with Crippen LogP contribution in [-0.2, 0) is 0 Å². The van der Waals surface area contributed by atoms with Crippen LogP contribution in [0.15, 0.2) is 0 Å². The second-order valence-corrected chi connectivity index (χ2v) is 3.18. The average Bonchev–Trinajstić information content (AvgIpc) is 2.47. The van der Waals surface area contributed by atoms with E-state index in [0.29, 0.717) is 13.0 Å². The van der Waals surface area contributed by atoms with Crippen LogP contribution in [0.25, 0.3) is 0 Å². The molecule has 0 aromatic carbocycles. The fourth-order valence-electron chi connectivity index (χ4n) is 0.755. The molecule has 0 aliphatic rings. The lowest BCUT2D eigenvalue weighted by Crippen LogP contribution is -2.17. The Morgan fingerprint density at radius 2 is 2.42 bits per heavy atom. The van der Waals surface area contributed by atoms with Crippen molar-refractivity contribution in [1.29, 1.82) is 5.26 Å². The Morgan fingerprint density at radius 3 is 2.92 bits per heavy atom. The van der Waals surface area contributed by atoms with Gasteiger partial charge in [0.25, 0.3) is 0 Å². The number of hydrogen-bond acceptors (Lipinski definition) is 5. The Kier molecular flexibility index (Phi) is 3.00. The van der Waals surface area contributed by atoms with Crippen molar-refractivity contribution in [1.82, 2.24) is 9.36 Å². The van der Waals surface area contributed by atoms with E-state index in [9.17, 15) is 0 Å². The van der Waals surface area contributed by atoms with Crippen molar-refractivity contribution in [3.63, 3.8) is 0 Å². The summed E-state index contributed by atoms with van der Waals surface area (Å²) in [6, 6.07) is 2.09. The summed E-state index contributed by atoms with van der Waals surface area (Å²) in [5.74, 6) is 0.791. The minimum atomic E-state index is 0.523. The first-order chi connectivity index (χ1) is 5.74. The number of anilines is 1. The standard InChI is InChI=1S/C7H10N4S/c1-6-9-7(12-10-6)11(2)5-3-4-8/h3,5H2,1-2H3. The molecule has 0 bridgehead atoms. The highest BCUT2D eigenvalue weighted by Crippen LogP contribution is 2.14. The van der Waals surface area contributed by atoms with E-state index < -0.39 is 0 Å². The first-order valence-electron chi connectivity index (χ1n) is 3.62. The first-order valence-corrected chi connectivity index (χ1v) is 4.40. The molecule has 0 spiro atoms. The SMILES string of the molecule is Cc1nsc(N(C)CCC#N)n1. The number of nitrogens with zero attached hydrogens (tertiary/aromatic N) is 4. The zero-order valence-electron chi connectivity index (χ0n) is 7.11. The molecule has 0 amide bonds. The molecular formula is C7H10N4S. The lowest BCUT2D eigenvalue weighted by atomic mass is 10.4. The molecule has 0 fully saturated rings. The van der Waals surface area contributed by atoms with E-state index in [0.717, 1.165) is 11.0 Å². The number of rotatable bonds is 3. The van der Waals surface area contributed by atoms with Crippen molar-refractivity contribution in [2.24, 2.45) is 0 Å². The van der Waals surface area contributed by atoms with Gasteiger partial charge < -0.3 is 4.90 Å². The highest BCUT2D eigenvalue weighted by molar-refractivity contribution is 7.09. The van der Waals surface area contributed by atoms with Gasteiger partial charge in [0.2, 0.25) is 5.13 Å². The van der Waals surface area contributed by atoms with Gasteiger partial charge in [0.05, 0.1) is 12.5 Å². The summed E-state index contributed by atoms with van der Waals surface area (Å²) in [5, 5.41) is 9.24. The molecule has 12 heavy (non-hydrogen) atoms. The maximum absolute atomic E-state index is 8.36.